The molecule has 0 fully saturated rings. The molecule has 2 aromatic carbocycles. The van der Waals surface area contributed by atoms with Gasteiger partial charge in [-0.2, -0.15) is 13.0 Å². The number of anilines is 1. The van der Waals surface area contributed by atoms with Crippen LogP contribution in [0.4, 0.5) is 11.4 Å². The molecule has 0 saturated carbocycles. The van der Waals surface area contributed by atoms with E-state index >= 15 is 0 Å². The molecule has 2 aliphatic rings. The molecule has 232 valence electrons. The number of hydrogen-bond acceptors (Lipinski definition) is 7. The molecule has 3 N–H and O–H groups in total. The van der Waals surface area contributed by atoms with Crippen molar-refractivity contribution in [3.05, 3.63) is 71.5 Å². The Morgan fingerprint density at radius 1 is 1.05 bits per heavy atom. The Kier molecular flexibility index (Phi) is 9.92. The van der Waals surface area contributed by atoms with E-state index in [1.54, 1.807) is 19.2 Å². The summed E-state index contributed by atoms with van der Waals surface area (Å²) in [6.07, 6.45) is 8.60. The molecule has 2 aromatic rings. The van der Waals surface area contributed by atoms with Gasteiger partial charge in [0, 0.05) is 77.9 Å². The van der Waals surface area contributed by atoms with Crippen LogP contribution < -0.4 is 4.90 Å². The molecule has 0 atom stereocenters. The highest BCUT2D eigenvalue weighted by Gasteiger charge is 2.45. The number of fused-ring (bicyclic) bond motifs is 2. The van der Waals surface area contributed by atoms with Crippen LogP contribution in [0.5, 0.6) is 0 Å². The van der Waals surface area contributed by atoms with Crippen molar-refractivity contribution in [3.63, 3.8) is 0 Å². The topological polar surface area (TPSA) is 127 Å². The highest BCUT2D eigenvalue weighted by Crippen LogP contribution is 2.48. The summed E-state index contributed by atoms with van der Waals surface area (Å²) in [5.41, 5.74) is 5.00. The van der Waals surface area contributed by atoms with Gasteiger partial charge in [-0.3, -0.25) is 9.35 Å². The van der Waals surface area contributed by atoms with E-state index in [1.807, 2.05) is 38.1 Å². The average molecular weight is 630 g/mol. The van der Waals surface area contributed by atoms with Crippen LogP contribution >= 0.6 is 12.0 Å². The van der Waals surface area contributed by atoms with Crippen LogP contribution in [0.25, 0.3) is 0 Å². The second kappa shape index (κ2) is 13.0. The molecule has 0 aliphatic carbocycles. The lowest BCUT2D eigenvalue weighted by Gasteiger charge is -2.26. The number of carbonyl (C=O) groups is 1. The van der Waals surface area contributed by atoms with Gasteiger partial charge in [0.05, 0.1) is 16.9 Å². The normalized spacial score (nSPS) is 18.1. The first-order chi connectivity index (χ1) is 20.2. The molecule has 0 radical (unpaired) electrons. The molecular formula is C32H41N2O7S2+. The van der Waals surface area contributed by atoms with Gasteiger partial charge in [0.15, 0.2) is 5.71 Å². The lowest BCUT2D eigenvalue weighted by molar-refractivity contribution is -0.438. The van der Waals surface area contributed by atoms with Crippen LogP contribution in [0, 0.1) is 0 Å². The Morgan fingerprint density at radius 2 is 1.79 bits per heavy atom. The van der Waals surface area contributed by atoms with Crippen LogP contribution in [-0.2, 0) is 30.5 Å². The number of aliphatic carboxylic acids is 1. The molecule has 0 unspecified atom stereocenters. The van der Waals surface area contributed by atoms with E-state index in [2.05, 4.69) is 35.5 Å². The second-order valence-corrected chi connectivity index (χ2v) is 14.0. The molecule has 0 saturated heterocycles. The fraction of sp³-hybridized carbons (Fsp3) is 0.438. The highest BCUT2D eigenvalue weighted by molar-refractivity contribution is 7.93. The molecule has 2 aliphatic heterocycles. The van der Waals surface area contributed by atoms with Crippen molar-refractivity contribution in [2.24, 2.45) is 0 Å². The molecule has 0 bridgehead atoms. The van der Waals surface area contributed by atoms with Crippen molar-refractivity contribution >= 4 is 45.2 Å². The number of ether oxygens (including phenoxy) is 1. The SMILES string of the molecule is COCCN1/C(=C/C=C/C2=[N+](CCCCCC(=O)O)c3ccc(SO)cc3C2(C)C)C(C)(C)c2cc(S(=O)(=O)O)ccc21. The zero-order valence-corrected chi connectivity index (χ0v) is 27.0. The quantitative estimate of drug-likeness (QED) is 0.0998. The van der Waals surface area contributed by atoms with E-state index in [4.69, 9.17) is 9.84 Å². The maximum Gasteiger partial charge on any atom is 0.303 e. The lowest BCUT2D eigenvalue weighted by Crippen LogP contribution is -2.29. The first-order valence-corrected chi connectivity index (χ1v) is 16.5. The van der Waals surface area contributed by atoms with Crippen molar-refractivity contribution in [3.8, 4) is 0 Å². The predicted octanol–water partition coefficient (Wildman–Crippen LogP) is 6.40. The monoisotopic (exact) mass is 629 g/mol. The minimum atomic E-state index is -4.35. The summed E-state index contributed by atoms with van der Waals surface area (Å²) in [4.78, 5) is 13.7. The van der Waals surface area contributed by atoms with Crippen molar-refractivity contribution in [2.45, 2.75) is 74.0 Å². The molecule has 0 aromatic heterocycles. The van der Waals surface area contributed by atoms with Crippen molar-refractivity contribution in [1.82, 2.24) is 0 Å². The Balaban J connectivity index is 1.73. The Hall–Kier alpha value is -2.96. The molecule has 9 nitrogen and oxygen atoms in total. The molecule has 0 amide bonds. The number of hydrogen-bond donors (Lipinski definition) is 3. The number of benzene rings is 2. The van der Waals surface area contributed by atoms with Crippen molar-refractivity contribution in [2.75, 3.05) is 31.7 Å². The number of carboxylic acid groups (broad SMARTS) is 1. The third-order valence-corrected chi connectivity index (χ3v) is 9.74. The van der Waals surface area contributed by atoms with Crippen molar-refractivity contribution < 1.29 is 36.7 Å². The maximum atomic E-state index is 11.9. The first kappa shape index (κ1) is 32.9. The van der Waals surface area contributed by atoms with E-state index in [-0.39, 0.29) is 16.7 Å². The van der Waals surface area contributed by atoms with Gasteiger partial charge in [0.2, 0.25) is 5.69 Å². The van der Waals surface area contributed by atoms with Crippen LogP contribution in [0.1, 0.15) is 64.5 Å². The van der Waals surface area contributed by atoms with Crippen LogP contribution in [0.15, 0.2) is 70.1 Å². The Morgan fingerprint density at radius 3 is 2.44 bits per heavy atom. The first-order valence-electron chi connectivity index (χ1n) is 14.3. The number of carboxylic acids is 1. The molecule has 43 heavy (non-hydrogen) atoms. The summed E-state index contributed by atoms with van der Waals surface area (Å²) in [7, 11) is -2.71. The minimum absolute atomic E-state index is 0.136. The van der Waals surface area contributed by atoms with Crippen LogP contribution in [-0.4, -0.2) is 65.7 Å². The smallest absolute Gasteiger partial charge is 0.303 e. The largest absolute Gasteiger partial charge is 0.481 e. The summed E-state index contributed by atoms with van der Waals surface area (Å²) in [5.74, 6) is -0.782. The Labute approximate surface area is 258 Å². The van der Waals surface area contributed by atoms with Crippen LogP contribution in [0.2, 0.25) is 0 Å². The van der Waals surface area contributed by atoms with Gasteiger partial charge in [-0.05, 0) is 68.7 Å². The molecule has 0 spiro atoms. The van der Waals surface area contributed by atoms with E-state index in [1.165, 1.54) is 6.07 Å². The zero-order chi connectivity index (χ0) is 31.6. The van der Waals surface area contributed by atoms with Crippen LogP contribution in [0.3, 0.4) is 0 Å². The summed E-state index contributed by atoms with van der Waals surface area (Å²) in [6, 6.07) is 10.6. The fourth-order valence-corrected chi connectivity index (χ4v) is 6.95. The summed E-state index contributed by atoms with van der Waals surface area (Å²) in [6.45, 7) is 10.1. The van der Waals surface area contributed by atoms with E-state index in [0.29, 0.717) is 19.6 Å². The third-order valence-electron chi connectivity index (χ3n) is 8.43. The van der Waals surface area contributed by atoms with E-state index in [0.717, 1.165) is 70.2 Å². The number of unbranched alkanes of at least 4 members (excludes halogenated alkanes) is 2. The Bertz CT molecular complexity index is 1590. The molecule has 11 heteroatoms. The van der Waals surface area contributed by atoms with E-state index in [9.17, 15) is 22.3 Å². The van der Waals surface area contributed by atoms with Gasteiger partial charge in [-0.1, -0.05) is 19.9 Å². The average Bonchev–Trinajstić information content (AvgIpc) is 3.29. The standard InChI is InChI=1S/C32H40N2O7S2/c1-31(2)24-20-22(42-37)13-15-26(24)33(17-8-6-7-12-30(35)36)28(31)10-9-11-29-32(3,4)25-21-23(43(38,39)40)14-16-27(25)34(29)18-19-41-5/h9-11,13-16,20-21H,6-8,12,17-19H2,1-5H3,(H2-,35,36,37,38,39,40)/p+1. The van der Waals surface area contributed by atoms with Gasteiger partial charge in [-0.25, -0.2) is 0 Å². The summed E-state index contributed by atoms with van der Waals surface area (Å²) >= 11 is 0.723. The van der Waals surface area contributed by atoms with E-state index < -0.39 is 21.5 Å². The van der Waals surface area contributed by atoms with Crippen molar-refractivity contribution in [1.29, 1.82) is 0 Å². The third kappa shape index (κ3) is 6.76. The number of methoxy groups -OCH3 is 1. The fourth-order valence-electron chi connectivity index (χ4n) is 6.14. The molecular weight excluding hydrogens is 588 g/mol. The van der Waals surface area contributed by atoms with Gasteiger partial charge in [-0.15, -0.1) is 0 Å². The zero-order valence-electron chi connectivity index (χ0n) is 25.3. The predicted molar refractivity (Wildman–Crippen MR) is 170 cm³/mol. The minimum Gasteiger partial charge on any atom is -0.481 e. The second-order valence-electron chi connectivity index (χ2n) is 12.0. The van der Waals surface area contributed by atoms with Gasteiger partial charge < -0.3 is 19.3 Å². The molecule has 2 heterocycles. The highest BCUT2D eigenvalue weighted by atomic mass is 32.2. The maximum absolute atomic E-state index is 11.9. The lowest BCUT2D eigenvalue weighted by atomic mass is 9.81. The van der Waals surface area contributed by atoms with Gasteiger partial charge >= 0.3 is 5.97 Å². The van der Waals surface area contributed by atoms with Gasteiger partial charge in [0.25, 0.3) is 10.1 Å². The van der Waals surface area contributed by atoms with Gasteiger partial charge in [0.1, 0.15) is 6.54 Å². The number of nitrogens with zero attached hydrogens (tertiary/aromatic N) is 2. The number of allylic oxidation sites excluding steroid dienone is 4. The molecule has 4 rings (SSSR count). The summed E-state index contributed by atoms with van der Waals surface area (Å²) < 4.78 is 50.9. The number of rotatable bonds is 13. The summed E-state index contributed by atoms with van der Waals surface area (Å²) in [5, 5.41) is 9.01.